The molecule has 0 spiro atoms. The zero-order valence-corrected chi connectivity index (χ0v) is 14.5. The van der Waals surface area contributed by atoms with Crippen molar-refractivity contribution in [3.05, 3.63) is 47.5 Å². The number of hydrogen-bond donors (Lipinski definition) is 0. The van der Waals surface area contributed by atoms with E-state index in [1.807, 2.05) is 17.0 Å². The van der Waals surface area contributed by atoms with Crippen molar-refractivity contribution in [3.8, 4) is 0 Å². The number of carbonyl (C=O) groups is 1. The fraction of sp³-hybridized carbons (Fsp3) is 0.429. The number of benzene rings is 2. The van der Waals surface area contributed by atoms with Gasteiger partial charge in [0.25, 0.3) is 5.91 Å². The van der Waals surface area contributed by atoms with Crippen LogP contribution in [0, 0.1) is 0 Å². The Hall–Kier alpha value is -2.20. The lowest BCUT2D eigenvalue weighted by molar-refractivity contribution is 0.0304. The fourth-order valence-electron chi connectivity index (χ4n) is 3.79. The third kappa shape index (κ3) is 3.45. The summed E-state index contributed by atoms with van der Waals surface area (Å²) in [5, 5.41) is 2.25. The van der Waals surface area contributed by atoms with Crippen LogP contribution in [-0.2, 0) is 11.2 Å². The van der Waals surface area contributed by atoms with Gasteiger partial charge in [-0.25, -0.2) is 0 Å². The quantitative estimate of drug-likeness (QED) is 0.858. The first-order chi connectivity index (χ1) is 12.3. The number of rotatable bonds is 4. The zero-order chi connectivity index (χ0) is 17.1. The van der Waals surface area contributed by atoms with Crippen molar-refractivity contribution in [3.63, 3.8) is 0 Å². The van der Waals surface area contributed by atoms with E-state index in [0.29, 0.717) is 26.3 Å². The van der Waals surface area contributed by atoms with Gasteiger partial charge < -0.3 is 9.64 Å². The summed E-state index contributed by atoms with van der Waals surface area (Å²) in [5.74, 6) is 0.117. The third-order valence-electron chi connectivity index (χ3n) is 5.18. The summed E-state index contributed by atoms with van der Waals surface area (Å²) in [6.07, 6.45) is 4.36. The minimum atomic E-state index is 0.117. The average molecular weight is 336 g/mol. The molecule has 0 saturated carbocycles. The van der Waals surface area contributed by atoms with Gasteiger partial charge in [-0.15, -0.1) is 0 Å². The second-order valence-corrected chi connectivity index (χ2v) is 6.77. The highest BCUT2D eigenvalue weighted by Gasteiger charge is 2.21. The second kappa shape index (κ2) is 7.36. The predicted octanol–water partition coefficient (Wildman–Crippen LogP) is 3.48. The van der Waals surface area contributed by atoms with Crippen molar-refractivity contribution < 1.29 is 9.53 Å². The molecule has 0 N–H and O–H groups in total. The topological polar surface area (TPSA) is 41.9 Å². The zero-order valence-electron chi connectivity index (χ0n) is 14.5. The van der Waals surface area contributed by atoms with Gasteiger partial charge in [0.1, 0.15) is 0 Å². The maximum atomic E-state index is 12.9. The van der Waals surface area contributed by atoms with Gasteiger partial charge >= 0.3 is 0 Å². The summed E-state index contributed by atoms with van der Waals surface area (Å²) in [6.45, 7) is 3.60. The van der Waals surface area contributed by atoms with E-state index in [9.17, 15) is 4.79 Å². The Labute approximate surface area is 148 Å². The SMILES string of the molecule is O=C(c1ccc(CCC2=NCCC2)c2ccccc12)N1CCOCC1. The summed E-state index contributed by atoms with van der Waals surface area (Å²) in [7, 11) is 0. The van der Waals surface area contributed by atoms with Gasteiger partial charge in [-0.2, -0.15) is 0 Å². The van der Waals surface area contributed by atoms with Crippen molar-refractivity contribution in [2.75, 3.05) is 32.8 Å². The van der Waals surface area contributed by atoms with Gasteiger partial charge in [0.2, 0.25) is 0 Å². The van der Waals surface area contributed by atoms with E-state index in [1.165, 1.54) is 23.1 Å². The molecule has 4 heteroatoms. The van der Waals surface area contributed by atoms with Gasteiger partial charge in [-0.05, 0) is 48.1 Å². The fourth-order valence-corrected chi connectivity index (χ4v) is 3.79. The molecule has 2 aliphatic rings. The van der Waals surface area contributed by atoms with Crippen molar-refractivity contribution >= 4 is 22.4 Å². The molecule has 0 radical (unpaired) electrons. The van der Waals surface area contributed by atoms with Crippen molar-refractivity contribution in [2.24, 2.45) is 4.99 Å². The van der Waals surface area contributed by atoms with Crippen LogP contribution in [0.4, 0.5) is 0 Å². The Morgan fingerprint density at radius 3 is 2.60 bits per heavy atom. The number of ether oxygens (including phenoxy) is 1. The number of morpholine rings is 1. The molecule has 25 heavy (non-hydrogen) atoms. The molecule has 0 aliphatic carbocycles. The number of nitrogens with zero attached hydrogens (tertiary/aromatic N) is 2. The summed E-state index contributed by atoms with van der Waals surface area (Å²) in [6, 6.07) is 12.4. The number of carbonyl (C=O) groups excluding carboxylic acids is 1. The summed E-state index contributed by atoms with van der Waals surface area (Å²) < 4.78 is 5.37. The van der Waals surface area contributed by atoms with E-state index in [1.54, 1.807) is 0 Å². The minimum absolute atomic E-state index is 0.117. The van der Waals surface area contributed by atoms with Crippen LogP contribution in [0.15, 0.2) is 41.4 Å². The van der Waals surface area contributed by atoms with Crippen molar-refractivity contribution in [1.29, 1.82) is 0 Å². The third-order valence-corrected chi connectivity index (χ3v) is 5.18. The first-order valence-electron chi connectivity index (χ1n) is 9.23. The molecule has 0 atom stereocenters. The molecule has 2 aromatic carbocycles. The number of aryl methyl sites for hydroxylation is 1. The summed E-state index contributed by atoms with van der Waals surface area (Å²) in [4.78, 5) is 19.4. The van der Waals surface area contributed by atoms with Gasteiger partial charge in [-0.3, -0.25) is 9.79 Å². The lowest BCUT2D eigenvalue weighted by Crippen LogP contribution is -2.40. The number of hydrogen-bond acceptors (Lipinski definition) is 3. The van der Waals surface area contributed by atoms with Crippen LogP contribution in [0.3, 0.4) is 0 Å². The molecule has 2 aromatic rings. The second-order valence-electron chi connectivity index (χ2n) is 6.77. The van der Waals surface area contributed by atoms with E-state index in [-0.39, 0.29) is 5.91 Å². The van der Waals surface area contributed by atoms with Crippen molar-refractivity contribution in [1.82, 2.24) is 4.90 Å². The first kappa shape index (κ1) is 16.3. The molecule has 0 bridgehead atoms. The van der Waals surface area contributed by atoms with E-state index >= 15 is 0 Å². The van der Waals surface area contributed by atoms with Crippen LogP contribution in [0.1, 0.15) is 35.2 Å². The Morgan fingerprint density at radius 2 is 1.84 bits per heavy atom. The van der Waals surface area contributed by atoms with Crippen LogP contribution in [0.2, 0.25) is 0 Å². The molecule has 1 amide bonds. The Bertz CT molecular complexity index is 807. The summed E-state index contributed by atoms with van der Waals surface area (Å²) >= 11 is 0. The summed E-state index contributed by atoms with van der Waals surface area (Å²) in [5.41, 5.74) is 3.46. The molecule has 0 unspecified atom stereocenters. The predicted molar refractivity (Wildman–Crippen MR) is 101 cm³/mol. The largest absolute Gasteiger partial charge is 0.378 e. The van der Waals surface area contributed by atoms with Crippen LogP contribution in [0.25, 0.3) is 10.8 Å². The number of fused-ring (bicyclic) bond motifs is 1. The molecular formula is C21H24N2O2. The molecular weight excluding hydrogens is 312 g/mol. The molecule has 130 valence electrons. The van der Waals surface area contributed by atoms with Crippen LogP contribution in [-0.4, -0.2) is 49.4 Å². The van der Waals surface area contributed by atoms with Crippen LogP contribution >= 0.6 is 0 Å². The van der Waals surface area contributed by atoms with E-state index in [0.717, 1.165) is 36.8 Å². The van der Waals surface area contributed by atoms with Crippen molar-refractivity contribution in [2.45, 2.75) is 25.7 Å². The number of amides is 1. The maximum Gasteiger partial charge on any atom is 0.254 e. The number of aliphatic imine (C=N–C) groups is 1. The monoisotopic (exact) mass is 336 g/mol. The molecule has 4 nitrogen and oxygen atoms in total. The van der Waals surface area contributed by atoms with Crippen LogP contribution in [0.5, 0.6) is 0 Å². The first-order valence-corrected chi connectivity index (χ1v) is 9.23. The Kier molecular flexibility index (Phi) is 4.79. The van der Waals surface area contributed by atoms with E-state index < -0.39 is 0 Å². The molecule has 2 heterocycles. The molecule has 4 rings (SSSR count). The molecule has 2 aliphatic heterocycles. The smallest absolute Gasteiger partial charge is 0.254 e. The molecule has 0 aromatic heterocycles. The normalized spacial score (nSPS) is 17.8. The van der Waals surface area contributed by atoms with Gasteiger partial charge in [0.15, 0.2) is 0 Å². The molecule has 1 fully saturated rings. The highest BCUT2D eigenvalue weighted by molar-refractivity contribution is 6.08. The average Bonchev–Trinajstić information content (AvgIpc) is 3.20. The van der Waals surface area contributed by atoms with E-state index in [2.05, 4.69) is 29.3 Å². The molecule has 1 saturated heterocycles. The Morgan fingerprint density at radius 1 is 1.04 bits per heavy atom. The highest BCUT2D eigenvalue weighted by Crippen LogP contribution is 2.26. The minimum Gasteiger partial charge on any atom is -0.378 e. The van der Waals surface area contributed by atoms with Gasteiger partial charge in [0, 0.05) is 30.9 Å². The lowest BCUT2D eigenvalue weighted by Gasteiger charge is -2.27. The highest BCUT2D eigenvalue weighted by atomic mass is 16.5. The van der Waals surface area contributed by atoms with E-state index in [4.69, 9.17) is 4.74 Å². The lowest BCUT2D eigenvalue weighted by atomic mass is 9.95. The van der Waals surface area contributed by atoms with Gasteiger partial charge in [-0.1, -0.05) is 30.3 Å². The van der Waals surface area contributed by atoms with Crippen LogP contribution < -0.4 is 0 Å². The standard InChI is InChI=1S/C21H24N2O2/c24-21(23-12-14-25-15-13-23)20-10-8-16(7-9-17-4-3-11-22-17)18-5-1-2-6-19(18)20/h1-2,5-6,8,10H,3-4,7,9,11-15H2. The maximum absolute atomic E-state index is 12.9. The van der Waals surface area contributed by atoms with Gasteiger partial charge in [0.05, 0.1) is 13.2 Å². The Balaban J connectivity index is 1.62.